The van der Waals surface area contributed by atoms with E-state index in [1.165, 1.54) is 14.0 Å². The monoisotopic (exact) mass is 656 g/mol. The Kier molecular flexibility index (Phi) is 7.92. The van der Waals surface area contributed by atoms with E-state index in [0.29, 0.717) is 11.4 Å². The van der Waals surface area contributed by atoms with Crippen LogP contribution in [0.5, 0.6) is 0 Å². The average molecular weight is 657 g/mol. The van der Waals surface area contributed by atoms with E-state index >= 15 is 0 Å². The number of H-pyrrole nitrogens is 1. The lowest BCUT2D eigenvalue weighted by Crippen LogP contribution is -2.49. The van der Waals surface area contributed by atoms with Crippen molar-refractivity contribution in [1.29, 1.82) is 0 Å². The van der Waals surface area contributed by atoms with Gasteiger partial charge in [0.2, 0.25) is 0 Å². The molecule has 248 valence electrons. The molecule has 2 atom stereocenters. The van der Waals surface area contributed by atoms with Crippen molar-refractivity contribution in [2.24, 2.45) is 0 Å². The van der Waals surface area contributed by atoms with Crippen molar-refractivity contribution in [3.05, 3.63) is 187 Å². The SMILES string of the molecule is COC(C[C@H]1C=C[C@H](C(C)(C)n2[nH]c(=O)n(-c3ccccc3)c2=O)n2c(=O)n(-c3ccccc3)c(=O)n21)(c1ccccc1)c1ccccc1. The molecule has 2 aromatic heterocycles. The van der Waals surface area contributed by atoms with E-state index in [2.05, 4.69) is 5.10 Å². The molecule has 0 radical (unpaired) electrons. The van der Waals surface area contributed by atoms with Gasteiger partial charge in [0.1, 0.15) is 5.60 Å². The number of allylic oxidation sites excluding steroid dienone is 2. The molecular formula is C38H36N6O5. The fourth-order valence-corrected chi connectivity index (χ4v) is 7.05. The summed E-state index contributed by atoms with van der Waals surface area (Å²) in [5.74, 6) is 0. The molecule has 0 unspecified atom stereocenters. The number of rotatable bonds is 9. The van der Waals surface area contributed by atoms with Gasteiger partial charge in [0.25, 0.3) is 0 Å². The number of hydrogen-bond donors (Lipinski definition) is 1. The van der Waals surface area contributed by atoms with Gasteiger partial charge in [-0.05, 0) is 49.2 Å². The van der Waals surface area contributed by atoms with Crippen LogP contribution in [0.15, 0.2) is 153 Å². The van der Waals surface area contributed by atoms with Crippen LogP contribution in [0, 0.1) is 0 Å². The van der Waals surface area contributed by atoms with Gasteiger partial charge in [-0.1, -0.05) is 109 Å². The molecule has 0 spiro atoms. The molecule has 0 amide bonds. The fraction of sp³-hybridized carbons (Fsp3) is 0.211. The summed E-state index contributed by atoms with van der Waals surface area (Å²) in [6.07, 6.45) is 3.99. The molecule has 0 saturated heterocycles. The van der Waals surface area contributed by atoms with Crippen LogP contribution in [-0.4, -0.2) is 35.4 Å². The van der Waals surface area contributed by atoms with Crippen LogP contribution in [0.4, 0.5) is 0 Å². The number of para-hydroxylation sites is 2. The molecule has 0 aliphatic carbocycles. The number of nitrogens with zero attached hydrogens (tertiary/aromatic N) is 5. The van der Waals surface area contributed by atoms with Crippen LogP contribution in [0.25, 0.3) is 11.4 Å². The number of aromatic amines is 1. The maximum absolute atomic E-state index is 14.5. The number of hydrogen-bond acceptors (Lipinski definition) is 5. The summed E-state index contributed by atoms with van der Waals surface area (Å²) in [4.78, 5) is 56.1. The summed E-state index contributed by atoms with van der Waals surface area (Å²) in [5.41, 5.74) is -1.98. The van der Waals surface area contributed by atoms with Crippen molar-refractivity contribution in [2.45, 2.75) is 43.5 Å². The molecule has 0 bridgehead atoms. The predicted octanol–water partition coefficient (Wildman–Crippen LogP) is 4.51. The first-order valence-electron chi connectivity index (χ1n) is 16.0. The Bertz CT molecular complexity index is 2320. The van der Waals surface area contributed by atoms with Crippen molar-refractivity contribution < 1.29 is 4.74 Å². The summed E-state index contributed by atoms with van der Waals surface area (Å²) < 4.78 is 12.7. The minimum Gasteiger partial charge on any atom is -0.369 e. The minimum absolute atomic E-state index is 0.264. The van der Waals surface area contributed by atoms with Crippen LogP contribution in [0.1, 0.15) is 43.5 Å². The maximum atomic E-state index is 14.5. The Morgan fingerprint density at radius 1 is 0.612 bits per heavy atom. The Balaban J connectivity index is 1.43. The van der Waals surface area contributed by atoms with Crippen molar-refractivity contribution in [1.82, 2.24) is 28.3 Å². The van der Waals surface area contributed by atoms with Gasteiger partial charge in [-0.2, -0.15) is 0 Å². The maximum Gasteiger partial charge on any atom is 0.352 e. The summed E-state index contributed by atoms with van der Waals surface area (Å²) in [7, 11) is 1.64. The van der Waals surface area contributed by atoms with Gasteiger partial charge in [-0.15, -0.1) is 0 Å². The lowest BCUT2D eigenvalue weighted by Gasteiger charge is -2.40. The molecule has 4 aromatic carbocycles. The van der Waals surface area contributed by atoms with E-state index in [1.54, 1.807) is 75.6 Å². The molecule has 49 heavy (non-hydrogen) atoms. The van der Waals surface area contributed by atoms with Gasteiger partial charge >= 0.3 is 22.8 Å². The van der Waals surface area contributed by atoms with Crippen molar-refractivity contribution >= 4 is 0 Å². The summed E-state index contributed by atoms with van der Waals surface area (Å²) in [6, 6.07) is 35.4. The molecule has 1 aliphatic rings. The second-order valence-electron chi connectivity index (χ2n) is 12.6. The highest BCUT2D eigenvalue weighted by molar-refractivity contribution is 5.38. The number of aromatic nitrogens is 6. The Morgan fingerprint density at radius 2 is 1.08 bits per heavy atom. The number of ether oxygens (including phenoxy) is 1. The normalized spacial score (nSPS) is 16.1. The van der Waals surface area contributed by atoms with Gasteiger partial charge in [-0.3, -0.25) is 0 Å². The van der Waals surface area contributed by atoms with E-state index in [-0.39, 0.29) is 6.42 Å². The average Bonchev–Trinajstić information content (AvgIpc) is 3.59. The van der Waals surface area contributed by atoms with Crippen LogP contribution < -0.4 is 22.8 Å². The molecular weight excluding hydrogens is 620 g/mol. The highest BCUT2D eigenvalue weighted by Crippen LogP contribution is 2.42. The van der Waals surface area contributed by atoms with E-state index in [4.69, 9.17) is 4.74 Å². The van der Waals surface area contributed by atoms with E-state index < -0.39 is 46.0 Å². The zero-order valence-electron chi connectivity index (χ0n) is 27.3. The molecule has 7 rings (SSSR count). The van der Waals surface area contributed by atoms with Crippen LogP contribution in [0.3, 0.4) is 0 Å². The van der Waals surface area contributed by atoms with Gasteiger partial charge in [0.15, 0.2) is 0 Å². The quantitative estimate of drug-likeness (QED) is 0.230. The molecule has 0 saturated carbocycles. The van der Waals surface area contributed by atoms with E-state index in [1.807, 2.05) is 78.9 Å². The largest absolute Gasteiger partial charge is 0.369 e. The lowest BCUT2D eigenvalue weighted by atomic mass is 9.80. The summed E-state index contributed by atoms with van der Waals surface area (Å²) in [6.45, 7) is 3.51. The third-order valence-electron chi connectivity index (χ3n) is 9.55. The number of benzene rings is 4. The first-order valence-corrected chi connectivity index (χ1v) is 16.0. The van der Waals surface area contributed by atoms with Crippen LogP contribution >= 0.6 is 0 Å². The lowest BCUT2D eigenvalue weighted by molar-refractivity contribution is 0.00207. The van der Waals surface area contributed by atoms with Crippen LogP contribution in [0.2, 0.25) is 0 Å². The third-order valence-corrected chi connectivity index (χ3v) is 9.55. The standard InChI is InChI=1S/C38H36N6O5/c1-37(2,44-36(48)40(33(45)39-44)29-20-12-6-13-21-29)32-25-24-31(42-34(46)41(35(47)43(32)42)30-22-14-7-15-23-30)26-38(49-3,27-16-8-4-9-17-27)28-18-10-5-11-19-28/h4-25,31-32H,26H2,1-3H3,(H,39,45)/t31-,32-/m1/s1. The van der Waals surface area contributed by atoms with Crippen LogP contribution in [-0.2, 0) is 15.9 Å². The topological polar surface area (TPSA) is 118 Å². The number of methoxy groups -OCH3 is 1. The van der Waals surface area contributed by atoms with Crippen molar-refractivity contribution in [3.63, 3.8) is 0 Å². The molecule has 1 aliphatic heterocycles. The Labute approximate surface area is 281 Å². The number of fused-ring (bicyclic) bond motifs is 1. The van der Waals surface area contributed by atoms with E-state index in [9.17, 15) is 19.2 Å². The Morgan fingerprint density at radius 3 is 1.59 bits per heavy atom. The highest BCUT2D eigenvalue weighted by atomic mass is 16.5. The van der Waals surface area contributed by atoms with Crippen molar-refractivity contribution in [2.75, 3.05) is 7.11 Å². The Hall–Kier alpha value is -5.94. The predicted molar refractivity (Wildman–Crippen MR) is 187 cm³/mol. The van der Waals surface area contributed by atoms with Crippen molar-refractivity contribution in [3.8, 4) is 11.4 Å². The van der Waals surface area contributed by atoms with Gasteiger partial charge in [0.05, 0.1) is 29.0 Å². The van der Waals surface area contributed by atoms with Gasteiger partial charge in [0, 0.05) is 13.5 Å². The molecule has 6 aromatic rings. The first-order chi connectivity index (χ1) is 23.7. The first kappa shape index (κ1) is 31.6. The second-order valence-corrected chi connectivity index (χ2v) is 12.6. The smallest absolute Gasteiger partial charge is 0.352 e. The highest BCUT2D eigenvalue weighted by Gasteiger charge is 2.44. The van der Waals surface area contributed by atoms with Gasteiger partial charge < -0.3 is 4.74 Å². The molecule has 0 fully saturated rings. The summed E-state index contributed by atoms with van der Waals surface area (Å²) in [5, 5.41) is 2.70. The molecule has 11 heteroatoms. The minimum atomic E-state index is -1.23. The summed E-state index contributed by atoms with van der Waals surface area (Å²) >= 11 is 0. The fourth-order valence-electron chi connectivity index (χ4n) is 7.05. The molecule has 11 nitrogen and oxygen atoms in total. The second kappa shape index (κ2) is 12.3. The molecule has 3 heterocycles. The zero-order valence-corrected chi connectivity index (χ0v) is 27.3. The van der Waals surface area contributed by atoms with Gasteiger partial charge in [-0.25, -0.2) is 47.5 Å². The van der Waals surface area contributed by atoms with E-state index in [0.717, 1.165) is 20.3 Å². The number of nitrogens with one attached hydrogen (secondary N) is 1. The zero-order chi connectivity index (χ0) is 34.3. The third kappa shape index (κ3) is 5.10. The molecule has 1 N–H and O–H groups in total.